The zero-order chi connectivity index (χ0) is 44.4. The van der Waals surface area contributed by atoms with E-state index in [1.54, 1.807) is 0 Å². The van der Waals surface area contributed by atoms with E-state index in [-0.39, 0.29) is 23.3 Å². The van der Waals surface area contributed by atoms with Crippen molar-refractivity contribution in [2.75, 3.05) is 0 Å². The van der Waals surface area contributed by atoms with Crippen LogP contribution in [0.15, 0.2) is 212 Å². The summed E-state index contributed by atoms with van der Waals surface area (Å²) in [5.74, 6) is 0.337. The molecule has 0 bridgehead atoms. The predicted octanol–water partition coefficient (Wildman–Crippen LogP) is 14.3. The predicted molar refractivity (Wildman–Crippen MR) is 253 cm³/mol. The molecular formula is C56H35N5. The van der Waals surface area contributed by atoms with E-state index in [0.717, 1.165) is 60.9 Å². The topological polar surface area (TPSA) is 40.6 Å². The lowest BCUT2D eigenvalue weighted by molar-refractivity contribution is 1.01. The summed E-state index contributed by atoms with van der Waals surface area (Å²) in [6.07, 6.45) is 0. The van der Waals surface area contributed by atoms with Gasteiger partial charge in [-0.3, -0.25) is 4.57 Å². The first kappa shape index (κ1) is 29.0. The molecule has 5 nitrogen and oxygen atoms in total. The Kier molecular flexibility index (Phi) is 6.24. The van der Waals surface area contributed by atoms with Crippen LogP contribution in [0, 0.1) is 0 Å². The molecule has 4 aromatic heterocycles. The number of fused-ring (bicyclic) bond motifs is 10. The van der Waals surface area contributed by atoms with E-state index in [4.69, 9.17) is 16.8 Å². The molecule has 9 aromatic carbocycles. The molecular weight excluding hydrogens is 743 g/mol. The van der Waals surface area contributed by atoms with Gasteiger partial charge in [0.2, 0.25) is 5.95 Å². The molecule has 0 saturated carbocycles. The molecule has 5 heteroatoms. The molecule has 0 fully saturated rings. The van der Waals surface area contributed by atoms with E-state index < -0.39 is 18.1 Å². The van der Waals surface area contributed by atoms with Crippen molar-refractivity contribution < 1.29 is 6.85 Å². The number of hydrogen-bond acceptors (Lipinski definition) is 2. The van der Waals surface area contributed by atoms with Gasteiger partial charge in [-0.25, -0.2) is 9.97 Å². The molecule has 0 N–H and O–H groups in total. The molecule has 13 rings (SSSR count). The van der Waals surface area contributed by atoms with Crippen LogP contribution in [-0.2, 0) is 0 Å². The Hall–Kier alpha value is -8.28. The minimum Gasteiger partial charge on any atom is -0.309 e. The number of rotatable bonds is 5. The van der Waals surface area contributed by atoms with E-state index in [1.807, 2.05) is 47.0 Å². The van der Waals surface area contributed by atoms with Gasteiger partial charge in [-0.1, -0.05) is 139 Å². The molecule has 61 heavy (non-hydrogen) atoms. The molecule has 0 aliphatic rings. The van der Waals surface area contributed by atoms with Gasteiger partial charge in [0.05, 0.1) is 51.2 Å². The molecule has 0 unspecified atom stereocenters. The largest absolute Gasteiger partial charge is 0.309 e. The molecule has 0 spiro atoms. The standard InChI is InChI=1S/C56H35N5/c1-3-15-36(16-4-1)55-45-22-7-11-23-48(45)57-56(58-55)61-51-26-14-10-20-42(51)46-33-37(28-31-53(46)61)38-27-30-44-41-19-8-12-24-49(41)60(54(44)34-38)40-29-32-52-47(35-40)43-21-9-13-25-50(43)59(52)39-17-5-2-6-18-39/h1-35H/i1D,3D,4D,15D,16D. The van der Waals surface area contributed by atoms with Crippen LogP contribution in [0.4, 0.5) is 0 Å². The Labute approximate surface area is 357 Å². The summed E-state index contributed by atoms with van der Waals surface area (Å²) in [5.41, 5.74) is 11.5. The fraction of sp³-hybridized carbons (Fsp3) is 0. The maximum Gasteiger partial charge on any atom is 0.235 e. The van der Waals surface area contributed by atoms with Crippen molar-refractivity contribution in [1.82, 2.24) is 23.7 Å². The number of para-hydroxylation sites is 5. The van der Waals surface area contributed by atoms with E-state index >= 15 is 0 Å². The van der Waals surface area contributed by atoms with Gasteiger partial charge in [-0.05, 0) is 83.9 Å². The summed E-state index contributed by atoms with van der Waals surface area (Å²) >= 11 is 0. The highest BCUT2D eigenvalue weighted by atomic mass is 15.2. The van der Waals surface area contributed by atoms with Gasteiger partial charge in [-0.2, -0.15) is 0 Å². The van der Waals surface area contributed by atoms with Crippen LogP contribution >= 0.6 is 0 Å². The van der Waals surface area contributed by atoms with E-state index in [9.17, 15) is 0 Å². The lowest BCUT2D eigenvalue weighted by Gasteiger charge is -2.12. The number of hydrogen-bond donors (Lipinski definition) is 0. The SMILES string of the molecule is [2H]c1c([2H])c([2H])c(-c2nc(-n3c4ccccc4c4cc(-c5ccc6c7ccccc7n(-c7ccc8c(c7)c7ccccc7n8-c7ccccc7)c6c5)ccc43)nc3ccccc23)c([2H])c1[2H]. The fourth-order valence-corrected chi connectivity index (χ4v) is 9.47. The minimum absolute atomic E-state index is 0.0376. The normalized spacial score (nSPS) is 13.1. The first-order chi connectivity index (χ1) is 32.3. The molecule has 284 valence electrons. The highest BCUT2D eigenvalue weighted by Gasteiger charge is 2.20. The van der Waals surface area contributed by atoms with E-state index in [2.05, 4.69) is 149 Å². The van der Waals surface area contributed by atoms with Gasteiger partial charge in [0.25, 0.3) is 0 Å². The van der Waals surface area contributed by atoms with Crippen molar-refractivity contribution in [3.63, 3.8) is 0 Å². The van der Waals surface area contributed by atoms with Crippen LogP contribution < -0.4 is 0 Å². The number of aromatic nitrogens is 5. The summed E-state index contributed by atoms with van der Waals surface area (Å²) in [4.78, 5) is 10.1. The minimum atomic E-state index is -0.448. The zero-order valence-corrected chi connectivity index (χ0v) is 32.6. The van der Waals surface area contributed by atoms with Crippen molar-refractivity contribution in [3.05, 3.63) is 212 Å². The van der Waals surface area contributed by atoms with Crippen molar-refractivity contribution >= 4 is 76.3 Å². The van der Waals surface area contributed by atoms with Crippen molar-refractivity contribution in [1.29, 1.82) is 0 Å². The lowest BCUT2D eigenvalue weighted by Crippen LogP contribution is -2.03. The van der Waals surface area contributed by atoms with Crippen LogP contribution in [0.25, 0.3) is 116 Å². The van der Waals surface area contributed by atoms with Crippen LogP contribution in [0.5, 0.6) is 0 Å². The van der Waals surface area contributed by atoms with Crippen LogP contribution in [0.2, 0.25) is 0 Å². The Balaban J connectivity index is 0.998. The monoisotopic (exact) mass is 782 g/mol. The lowest BCUT2D eigenvalue weighted by atomic mass is 10.0. The van der Waals surface area contributed by atoms with Crippen molar-refractivity contribution in [2.24, 2.45) is 0 Å². The molecule has 0 aliphatic carbocycles. The summed E-state index contributed by atoms with van der Waals surface area (Å²) in [7, 11) is 0. The third kappa shape index (κ3) is 5.08. The van der Waals surface area contributed by atoms with Crippen LogP contribution in [0.3, 0.4) is 0 Å². The molecule has 0 radical (unpaired) electrons. The average molecular weight is 783 g/mol. The number of benzene rings is 9. The second kappa shape index (κ2) is 13.1. The number of nitrogens with zero attached hydrogens (tertiary/aromatic N) is 5. The second-order valence-corrected chi connectivity index (χ2v) is 15.4. The fourth-order valence-electron chi connectivity index (χ4n) is 9.47. The third-order valence-electron chi connectivity index (χ3n) is 12.1. The molecule has 0 aliphatic heterocycles. The Morgan fingerprint density at radius 3 is 1.61 bits per heavy atom. The Morgan fingerprint density at radius 1 is 0.328 bits per heavy atom. The molecule has 0 amide bonds. The summed E-state index contributed by atoms with van der Waals surface area (Å²) in [6.45, 7) is 0. The highest BCUT2D eigenvalue weighted by Crippen LogP contribution is 2.40. The first-order valence-electron chi connectivity index (χ1n) is 22.8. The van der Waals surface area contributed by atoms with E-state index in [1.165, 1.54) is 27.1 Å². The maximum atomic E-state index is 8.85. The van der Waals surface area contributed by atoms with E-state index in [0.29, 0.717) is 16.9 Å². The molecule has 0 saturated heterocycles. The zero-order valence-electron chi connectivity index (χ0n) is 37.6. The highest BCUT2D eigenvalue weighted by molar-refractivity contribution is 6.14. The smallest absolute Gasteiger partial charge is 0.235 e. The van der Waals surface area contributed by atoms with Gasteiger partial charge in [0.1, 0.15) is 0 Å². The quantitative estimate of drug-likeness (QED) is 0.174. The summed E-state index contributed by atoms with van der Waals surface area (Å²) in [6, 6.07) is 61.4. The van der Waals surface area contributed by atoms with Crippen LogP contribution in [-0.4, -0.2) is 23.7 Å². The summed E-state index contributed by atoms with van der Waals surface area (Å²) < 4.78 is 49.6. The Bertz CT molecular complexity index is 4160. The summed E-state index contributed by atoms with van der Waals surface area (Å²) in [5, 5.41) is 7.34. The van der Waals surface area contributed by atoms with Gasteiger partial charge in [0, 0.05) is 54.6 Å². The second-order valence-electron chi connectivity index (χ2n) is 15.4. The van der Waals surface area contributed by atoms with Gasteiger partial charge >= 0.3 is 0 Å². The molecule has 4 heterocycles. The first-order valence-corrected chi connectivity index (χ1v) is 20.3. The van der Waals surface area contributed by atoms with Crippen LogP contribution in [0.1, 0.15) is 6.85 Å². The van der Waals surface area contributed by atoms with Crippen molar-refractivity contribution in [2.45, 2.75) is 0 Å². The Morgan fingerprint density at radius 2 is 0.852 bits per heavy atom. The molecule has 13 aromatic rings. The molecule has 0 atom stereocenters. The van der Waals surface area contributed by atoms with Gasteiger partial charge in [-0.15, -0.1) is 0 Å². The van der Waals surface area contributed by atoms with Gasteiger partial charge in [0.15, 0.2) is 0 Å². The van der Waals surface area contributed by atoms with Crippen molar-refractivity contribution in [3.8, 4) is 39.7 Å². The average Bonchev–Trinajstić information content (AvgIpc) is 4.00. The van der Waals surface area contributed by atoms with Gasteiger partial charge < -0.3 is 9.13 Å². The maximum absolute atomic E-state index is 8.85. The third-order valence-corrected chi connectivity index (χ3v) is 12.1.